The second-order valence-electron chi connectivity index (χ2n) is 4.48. The van der Waals surface area contributed by atoms with Gasteiger partial charge in [0.05, 0.1) is 24.8 Å². The first kappa shape index (κ1) is 14.1. The molecule has 17 heavy (non-hydrogen) atoms. The van der Waals surface area contributed by atoms with E-state index in [0.29, 0.717) is 16.7 Å². The standard InChI is InChI=1S/C13H20ClNO2/c1-8(2)12(7-16)15-11-6-10(14)13(17-4)5-9(11)3/h5-6,8,12,15-16H,7H2,1-4H3. The Morgan fingerprint density at radius 2 is 2.06 bits per heavy atom. The van der Waals surface area contributed by atoms with Crippen LogP contribution in [0.5, 0.6) is 5.75 Å². The summed E-state index contributed by atoms with van der Waals surface area (Å²) in [5.74, 6) is 1.01. The lowest BCUT2D eigenvalue weighted by atomic mass is 10.0. The van der Waals surface area contributed by atoms with Crippen LogP contribution >= 0.6 is 11.6 Å². The van der Waals surface area contributed by atoms with Gasteiger partial charge in [0.25, 0.3) is 0 Å². The zero-order valence-corrected chi connectivity index (χ0v) is 11.5. The van der Waals surface area contributed by atoms with Gasteiger partial charge in [0.1, 0.15) is 5.75 Å². The molecule has 3 nitrogen and oxygen atoms in total. The average Bonchev–Trinajstić information content (AvgIpc) is 2.29. The molecular weight excluding hydrogens is 238 g/mol. The van der Waals surface area contributed by atoms with E-state index in [1.165, 1.54) is 0 Å². The Kier molecular flexibility index (Phi) is 5.09. The molecule has 0 heterocycles. The summed E-state index contributed by atoms with van der Waals surface area (Å²) in [4.78, 5) is 0. The highest BCUT2D eigenvalue weighted by Crippen LogP contribution is 2.31. The van der Waals surface area contributed by atoms with Gasteiger partial charge < -0.3 is 15.2 Å². The normalized spacial score (nSPS) is 12.6. The Labute approximate surface area is 108 Å². The van der Waals surface area contributed by atoms with Crippen LogP contribution in [0.15, 0.2) is 12.1 Å². The molecule has 0 bridgehead atoms. The summed E-state index contributed by atoms with van der Waals surface area (Å²) in [6, 6.07) is 3.75. The number of aliphatic hydroxyl groups is 1. The molecule has 0 aromatic heterocycles. The van der Waals surface area contributed by atoms with Crippen LogP contribution in [-0.4, -0.2) is 24.9 Å². The van der Waals surface area contributed by atoms with Crippen LogP contribution in [0, 0.1) is 12.8 Å². The van der Waals surface area contributed by atoms with Crippen molar-refractivity contribution in [3.8, 4) is 5.75 Å². The molecule has 0 saturated heterocycles. The van der Waals surface area contributed by atoms with Crippen molar-refractivity contribution in [2.75, 3.05) is 19.0 Å². The maximum Gasteiger partial charge on any atom is 0.137 e. The van der Waals surface area contributed by atoms with Gasteiger partial charge in [-0.2, -0.15) is 0 Å². The average molecular weight is 258 g/mol. The van der Waals surface area contributed by atoms with E-state index in [4.69, 9.17) is 16.3 Å². The second kappa shape index (κ2) is 6.12. The van der Waals surface area contributed by atoms with Crippen LogP contribution < -0.4 is 10.1 Å². The van der Waals surface area contributed by atoms with E-state index >= 15 is 0 Å². The number of ether oxygens (including phenoxy) is 1. The van der Waals surface area contributed by atoms with E-state index in [-0.39, 0.29) is 12.6 Å². The van der Waals surface area contributed by atoms with Gasteiger partial charge in [-0.25, -0.2) is 0 Å². The van der Waals surface area contributed by atoms with Crippen LogP contribution in [0.4, 0.5) is 5.69 Å². The fourth-order valence-electron chi connectivity index (χ4n) is 1.59. The molecule has 0 spiro atoms. The van der Waals surface area contributed by atoms with Gasteiger partial charge in [-0.05, 0) is 30.5 Å². The fraction of sp³-hybridized carbons (Fsp3) is 0.538. The lowest BCUT2D eigenvalue weighted by Crippen LogP contribution is -2.29. The Morgan fingerprint density at radius 1 is 1.41 bits per heavy atom. The van der Waals surface area contributed by atoms with Crippen molar-refractivity contribution in [3.05, 3.63) is 22.7 Å². The minimum Gasteiger partial charge on any atom is -0.495 e. The SMILES string of the molecule is COc1cc(C)c(NC(CO)C(C)C)cc1Cl. The quantitative estimate of drug-likeness (QED) is 0.852. The summed E-state index contributed by atoms with van der Waals surface area (Å²) in [5, 5.41) is 13.2. The van der Waals surface area contributed by atoms with E-state index in [1.54, 1.807) is 7.11 Å². The summed E-state index contributed by atoms with van der Waals surface area (Å²) < 4.78 is 5.15. The molecular formula is C13H20ClNO2. The van der Waals surface area contributed by atoms with Gasteiger partial charge >= 0.3 is 0 Å². The number of methoxy groups -OCH3 is 1. The van der Waals surface area contributed by atoms with Crippen LogP contribution in [0.25, 0.3) is 0 Å². The number of aryl methyl sites for hydroxylation is 1. The van der Waals surface area contributed by atoms with Gasteiger partial charge in [0.2, 0.25) is 0 Å². The van der Waals surface area contributed by atoms with Crippen molar-refractivity contribution in [1.29, 1.82) is 0 Å². The van der Waals surface area contributed by atoms with E-state index in [9.17, 15) is 5.11 Å². The van der Waals surface area contributed by atoms with Crippen LogP contribution in [0.2, 0.25) is 5.02 Å². The molecule has 0 saturated carbocycles. The van der Waals surface area contributed by atoms with Crippen LogP contribution in [0.3, 0.4) is 0 Å². The smallest absolute Gasteiger partial charge is 0.137 e. The van der Waals surface area contributed by atoms with E-state index in [1.807, 2.05) is 19.1 Å². The van der Waals surface area contributed by atoms with Gasteiger partial charge in [-0.3, -0.25) is 0 Å². The van der Waals surface area contributed by atoms with Crippen molar-refractivity contribution < 1.29 is 9.84 Å². The van der Waals surface area contributed by atoms with E-state index in [2.05, 4.69) is 19.2 Å². The molecule has 0 aliphatic rings. The lowest BCUT2D eigenvalue weighted by molar-refractivity contribution is 0.249. The Hall–Kier alpha value is -0.930. The molecule has 0 aliphatic heterocycles. The number of anilines is 1. The Balaban J connectivity index is 2.95. The summed E-state index contributed by atoms with van der Waals surface area (Å²) in [6.07, 6.45) is 0. The van der Waals surface area contributed by atoms with Gasteiger partial charge in [0, 0.05) is 5.69 Å². The molecule has 0 fully saturated rings. The lowest BCUT2D eigenvalue weighted by Gasteiger charge is -2.23. The fourth-order valence-corrected chi connectivity index (χ4v) is 1.83. The molecule has 1 atom stereocenters. The summed E-state index contributed by atoms with van der Waals surface area (Å²) in [7, 11) is 1.60. The van der Waals surface area contributed by atoms with Gasteiger partial charge in [-0.15, -0.1) is 0 Å². The van der Waals surface area contributed by atoms with Crippen LogP contribution in [-0.2, 0) is 0 Å². The predicted molar refractivity (Wildman–Crippen MR) is 72.1 cm³/mol. The van der Waals surface area contributed by atoms with Gasteiger partial charge in [0.15, 0.2) is 0 Å². The largest absolute Gasteiger partial charge is 0.495 e. The predicted octanol–water partition coefficient (Wildman–Crippen LogP) is 3.09. The molecule has 0 radical (unpaired) electrons. The summed E-state index contributed by atoms with van der Waals surface area (Å²) >= 11 is 6.08. The number of rotatable bonds is 5. The minimum absolute atomic E-state index is 0.0261. The van der Waals surface area contributed by atoms with Crippen molar-refractivity contribution in [2.24, 2.45) is 5.92 Å². The molecule has 1 aromatic carbocycles. The second-order valence-corrected chi connectivity index (χ2v) is 4.89. The monoisotopic (exact) mass is 257 g/mol. The van der Waals surface area contributed by atoms with Crippen molar-refractivity contribution in [3.63, 3.8) is 0 Å². The molecule has 0 amide bonds. The maximum atomic E-state index is 9.30. The molecule has 1 rings (SSSR count). The highest BCUT2D eigenvalue weighted by atomic mass is 35.5. The highest BCUT2D eigenvalue weighted by Gasteiger charge is 2.14. The molecule has 1 unspecified atom stereocenters. The Bertz CT molecular complexity index is 380. The number of hydrogen-bond donors (Lipinski definition) is 2. The van der Waals surface area contributed by atoms with E-state index < -0.39 is 0 Å². The molecule has 96 valence electrons. The number of halogens is 1. The number of nitrogens with one attached hydrogen (secondary N) is 1. The first-order valence-corrected chi connectivity index (χ1v) is 6.09. The molecule has 1 aromatic rings. The van der Waals surface area contributed by atoms with Crippen molar-refractivity contribution in [1.82, 2.24) is 0 Å². The number of benzene rings is 1. The van der Waals surface area contributed by atoms with Crippen LogP contribution in [0.1, 0.15) is 19.4 Å². The third-order valence-electron chi connectivity index (χ3n) is 2.84. The molecule has 2 N–H and O–H groups in total. The first-order valence-electron chi connectivity index (χ1n) is 5.71. The minimum atomic E-state index is 0.0261. The molecule has 0 aliphatic carbocycles. The zero-order chi connectivity index (χ0) is 13.0. The summed E-state index contributed by atoms with van der Waals surface area (Å²) in [5.41, 5.74) is 1.98. The van der Waals surface area contributed by atoms with Crippen molar-refractivity contribution in [2.45, 2.75) is 26.8 Å². The summed E-state index contributed by atoms with van der Waals surface area (Å²) in [6.45, 7) is 6.21. The third-order valence-corrected chi connectivity index (χ3v) is 3.14. The maximum absolute atomic E-state index is 9.30. The van der Waals surface area contributed by atoms with Crippen molar-refractivity contribution >= 4 is 17.3 Å². The highest BCUT2D eigenvalue weighted by molar-refractivity contribution is 6.32. The number of hydrogen-bond acceptors (Lipinski definition) is 3. The molecule has 4 heteroatoms. The zero-order valence-electron chi connectivity index (χ0n) is 10.7. The Morgan fingerprint density at radius 3 is 2.53 bits per heavy atom. The third kappa shape index (κ3) is 3.51. The van der Waals surface area contributed by atoms with Gasteiger partial charge in [-0.1, -0.05) is 25.4 Å². The number of aliphatic hydroxyl groups excluding tert-OH is 1. The van der Waals surface area contributed by atoms with E-state index in [0.717, 1.165) is 11.3 Å². The first-order chi connectivity index (χ1) is 7.99. The topological polar surface area (TPSA) is 41.5 Å².